The quantitative estimate of drug-likeness (QED) is 0.613. The van der Waals surface area contributed by atoms with Crippen LogP contribution in [0.3, 0.4) is 0 Å². The van der Waals surface area contributed by atoms with E-state index in [-0.39, 0.29) is 18.0 Å². The zero-order chi connectivity index (χ0) is 22.9. The van der Waals surface area contributed by atoms with Crippen molar-refractivity contribution in [1.29, 1.82) is 0 Å². The van der Waals surface area contributed by atoms with Gasteiger partial charge in [0.1, 0.15) is 5.75 Å². The molecule has 2 heterocycles. The Balaban J connectivity index is 1.77. The number of carboxylic acid groups (broad SMARTS) is 1. The molecule has 0 spiro atoms. The fourth-order valence-electron chi connectivity index (χ4n) is 2.89. The molecule has 0 saturated heterocycles. The molecule has 0 saturated carbocycles. The molecule has 31 heavy (non-hydrogen) atoms. The lowest BCUT2D eigenvalue weighted by Crippen LogP contribution is -2.16. The number of carboxylic acids is 1. The molecule has 2 N–H and O–H groups in total. The summed E-state index contributed by atoms with van der Waals surface area (Å²) in [4.78, 5) is 23.9. The van der Waals surface area contributed by atoms with Crippen molar-refractivity contribution in [2.24, 2.45) is 7.05 Å². The summed E-state index contributed by atoms with van der Waals surface area (Å²) in [5, 5.41) is 19.8. The van der Waals surface area contributed by atoms with Gasteiger partial charge in [-0.25, -0.2) is 9.48 Å². The summed E-state index contributed by atoms with van der Waals surface area (Å²) in [5.41, 5.74) is -0.134. The van der Waals surface area contributed by atoms with E-state index in [9.17, 15) is 27.9 Å². The Morgan fingerprint density at radius 3 is 2.58 bits per heavy atom. The van der Waals surface area contributed by atoms with Crippen molar-refractivity contribution in [2.75, 3.05) is 5.32 Å². The van der Waals surface area contributed by atoms with Crippen LogP contribution in [0.25, 0.3) is 0 Å². The van der Waals surface area contributed by atoms with Crippen LogP contribution in [0.5, 0.6) is 5.75 Å². The lowest BCUT2D eigenvalue weighted by molar-refractivity contribution is -0.137. The molecule has 3 aromatic rings. The molecule has 0 aliphatic carbocycles. The van der Waals surface area contributed by atoms with Gasteiger partial charge in [0.25, 0.3) is 5.91 Å². The first kappa shape index (κ1) is 21.9. The monoisotopic (exact) mass is 437 g/mol. The minimum absolute atomic E-state index is 0.00873. The van der Waals surface area contributed by atoms with E-state index < -0.39 is 29.3 Å². The van der Waals surface area contributed by atoms with Crippen molar-refractivity contribution in [3.8, 4) is 5.75 Å². The van der Waals surface area contributed by atoms with Crippen LogP contribution in [0.2, 0.25) is 0 Å². The van der Waals surface area contributed by atoms with Gasteiger partial charge in [0.05, 0.1) is 28.2 Å². The Bertz CT molecular complexity index is 1150. The van der Waals surface area contributed by atoms with E-state index >= 15 is 0 Å². The van der Waals surface area contributed by atoms with Crippen molar-refractivity contribution in [3.05, 3.63) is 58.7 Å². The third kappa shape index (κ3) is 4.68. The minimum Gasteiger partial charge on any atom is -0.476 e. The Labute approximate surface area is 174 Å². The Morgan fingerprint density at radius 1 is 1.23 bits per heavy atom. The molecule has 0 unspecified atom stereocenters. The van der Waals surface area contributed by atoms with Crippen LogP contribution in [0.1, 0.15) is 37.8 Å². The van der Waals surface area contributed by atoms with E-state index in [1.807, 2.05) is 0 Å². The molecule has 3 rings (SSSR count). The molecule has 1 amide bonds. The molecule has 12 heteroatoms. The SMILES string of the molecule is Cc1nn(COc2cccc(C(F)(F)F)c2)c(C)c1NC(=O)c1cn(C)nc1C(=O)O. The van der Waals surface area contributed by atoms with Crippen LogP contribution < -0.4 is 10.1 Å². The number of halogens is 3. The number of nitrogens with zero attached hydrogens (tertiary/aromatic N) is 4. The normalized spacial score (nSPS) is 11.4. The highest BCUT2D eigenvalue weighted by Crippen LogP contribution is 2.31. The molecule has 0 bridgehead atoms. The average Bonchev–Trinajstić information content (AvgIpc) is 3.21. The van der Waals surface area contributed by atoms with Crippen LogP contribution in [-0.4, -0.2) is 36.5 Å². The first-order chi connectivity index (χ1) is 14.5. The van der Waals surface area contributed by atoms with E-state index in [0.717, 1.165) is 12.1 Å². The van der Waals surface area contributed by atoms with Crippen LogP contribution >= 0.6 is 0 Å². The van der Waals surface area contributed by atoms with Crippen LogP contribution in [0, 0.1) is 13.8 Å². The van der Waals surface area contributed by atoms with Crippen molar-refractivity contribution in [1.82, 2.24) is 19.6 Å². The Morgan fingerprint density at radius 2 is 1.94 bits per heavy atom. The summed E-state index contributed by atoms with van der Waals surface area (Å²) >= 11 is 0. The van der Waals surface area contributed by atoms with E-state index in [2.05, 4.69) is 15.5 Å². The minimum atomic E-state index is -4.49. The molecule has 1 aromatic carbocycles. The highest BCUT2D eigenvalue weighted by atomic mass is 19.4. The number of ether oxygens (including phenoxy) is 1. The summed E-state index contributed by atoms with van der Waals surface area (Å²) in [6.45, 7) is 3.05. The second-order valence-corrected chi connectivity index (χ2v) is 6.67. The number of carbonyl (C=O) groups is 2. The maximum Gasteiger partial charge on any atom is 0.416 e. The largest absolute Gasteiger partial charge is 0.476 e. The fourth-order valence-corrected chi connectivity index (χ4v) is 2.89. The number of rotatable bonds is 6. The highest BCUT2D eigenvalue weighted by molar-refractivity contribution is 6.10. The smallest absolute Gasteiger partial charge is 0.416 e. The van der Waals surface area contributed by atoms with Gasteiger partial charge in [-0.3, -0.25) is 9.48 Å². The van der Waals surface area contributed by atoms with Gasteiger partial charge in [0.15, 0.2) is 12.4 Å². The first-order valence-corrected chi connectivity index (χ1v) is 8.89. The van der Waals surface area contributed by atoms with Gasteiger partial charge < -0.3 is 15.2 Å². The number of anilines is 1. The molecule has 2 aromatic heterocycles. The summed E-state index contributed by atoms with van der Waals surface area (Å²) in [7, 11) is 1.49. The van der Waals surface area contributed by atoms with Crippen LogP contribution in [0.15, 0.2) is 30.5 Å². The van der Waals surface area contributed by atoms with E-state index in [4.69, 9.17) is 4.74 Å². The third-order valence-corrected chi connectivity index (χ3v) is 4.41. The van der Waals surface area contributed by atoms with Crippen LogP contribution in [0.4, 0.5) is 18.9 Å². The fraction of sp³-hybridized carbons (Fsp3) is 0.263. The topological polar surface area (TPSA) is 111 Å². The third-order valence-electron chi connectivity index (χ3n) is 4.41. The number of benzene rings is 1. The maximum atomic E-state index is 12.8. The Kier molecular flexibility index (Phi) is 5.73. The average molecular weight is 437 g/mol. The first-order valence-electron chi connectivity index (χ1n) is 8.89. The molecule has 164 valence electrons. The number of nitrogens with one attached hydrogen (secondary N) is 1. The number of hydrogen-bond donors (Lipinski definition) is 2. The molecule has 0 aliphatic rings. The molecule has 0 atom stereocenters. The van der Waals surface area contributed by atoms with Crippen LogP contribution in [-0.2, 0) is 20.0 Å². The number of aromatic carboxylic acids is 1. The van der Waals surface area contributed by atoms with Gasteiger partial charge in [-0.2, -0.15) is 23.4 Å². The lowest BCUT2D eigenvalue weighted by Gasteiger charge is -2.11. The molecule has 0 fully saturated rings. The summed E-state index contributed by atoms with van der Waals surface area (Å²) in [5.74, 6) is -2.02. The van der Waals surface area contributed by atoms with Crippen molar-refractivity contribution in [3.63, 3.8) is 0 Å². The molecular weight excluding hydrogens is 419 g/mol. The van der Waals surface area contributed by atoms with Gasteiger partial charge in [-0.15, -0.1) is 0 Å². The van der Waals surface area contributed by atoms with Crippen molar-refractivity contribution >= 4 is 17.6 Å². The van der Waals surface area contributed by atoms with Gasteiger partial charge >= 0.3 is 12.1 Å². The molecule has 0 aliphatic heterocycles. The number of hydrogen-bond acceptors (Lipinski definition) is 5. The zero-order valence-electron chi connectivity index (χ0n) is 16.7. The Hall–Kier alpha value is -3.83. The number of amides is 1. The second-order valence-electron chi connectivity index (χ2n) is 6.67. The lowest BCUT2D eigenvalue weighted by atomic mass is 10.2. The van der Waals surface area contributed by atoms with Crippen molar-refractivity contribution in [2.45, 2.75) is 26.8 Å². The van der Waals surface area contributed by atoms with Gasteiger partial charge in [-0.05, 0) is 32.0 Å². The van der Waals surface area contributed by atoms with Gasteiger partial charge in [0.2, 0.25) is 0 Å². The summed E-state index contributed by atoms with van der Waals surface area (Å²) in [6, 6.07) is 4.44. The summed E-state index contributed by atoms with van der Waals surface area (Å²) in [6.07, 6.45) is -3.21. The standard InChI is InChI=1S/C19H18F3N5O4/c1-10-15(23-17(28)14-8-26(3)25-16(14)18(29)30)11(2)27(24-10)9-31-13-6-4-5-12(7-13)19(20,21)22/h4-8H,9H2,1-3H3,(H,23,28)(H,29,30). The number of carbonyl (C=O) groups excluding carboxylic acids is 1. The number of alkyl halides is 3. The van der Waals surface area contributed by atoms with Gasteiger partial charge in [-0.1, -0.05) is 6.07 Å². The predicted molar refractivity (Wildman–Crippen MR) is 102 cm³/mol. The van der Waals surface area contributed by atoms with Gasteiger partial charge in [0, 0.05) is 13.2 Å². The maximum absolute atomic E-state index is 12.8. The van der Waals surface area contributed by atoms with E-state index in [0.29, 0.717) is 17.1 Å². The highest BCUT2D eigenvalue weighted by Gasteiger charge is 2.30. The van der Waals surface area contributed by atoms with Crippen molar-refractivity contribution < 1.29 is 32.6 Å². The molecule has 0 radical (unpaired) electrons. The predicted octanol–water partition coefficient (Wildman–Crippen LogP) is 3.24. The summed E-state index contributed by atoms with van der Waals surface area (Å²) < 4.78 is 46.5. The molecule has 9 nitrogen and oxygen atoms in total. The second kappa shape index (κ2) is 8.13. The number of aromatic nitrogens is 4. The molecular formula is C19H18F3N5O4. The van der Waals surface area contributed by atoms with E-state index in [1.165, 1.54) is 34.7 Å². The zero-order valence-corrected chi connectivity index (χ0v) is 16.7. The number of aryl methyl sites for hydroxylation is 2. The van der Waals surface area contributed by atoms with E-state index in [1.54, 1.807) is 13.8 Å².